The Kier molecular flexibility index (Phi) is 5.76. The minimum atomic E-state index is -0.752. The number of hydrogen-bond donors (Lipinski definition) is 2. The highest BCUT2D eigenvalue weighted by molar-refractivity contribution is 7.17. The molecular formula is C18H18ClN3O4S. The summed E-state index contributed by atoms with van der Waals surface area (Å²) >= 11 is 7.18. The molecule has 0 saturated carbocycles. The van der Waals surface area contributed by atoms with Gasteiger partial charge in [-0.1, -0.05) is 18.5 Å². The van der Waals surface area contributed by atoms with Crippen LogP contribution in [0.25, 0.3) is 0 Å². The van der Waals surface area contributed by atoms with Crippen LogP contribution in [0, 0.1) is 5.92 Å². The molecule has 0 aliphatic heterocycles. The molecule has 0 bridgehead atoms. The second-order valence-electron chi connectivity index (χ2n) is 6.39. The van der Waals surface area contributed by atoms with Crippen molar-refractivity contribution in [2.24, 2.45) is 11.7 Å². The summed E-state index contributed by atoms with van der Waals surface area (Å²) in [5.74, 6) is -1.36. The van der Waals surface area contributed by atoms with Crippen molar-refractivity contribution < 1.29 is 19.1 Å². The highest BCUT2D eigenvalue weighted by atomic mass is 35.5. The average molecular weight is 408 g/mol. The number of anilines is 1. The quantitative estimate of drug-likeness (QED) is 0.584. The van der Waals surface area contributed by atoms with E-state index in [4.69, 9.17) is 22.1 Å². The summed E-state index contributed by atoms with van der Waals surface area (Å²) in [6.45, 7) is 1.63. The summed E-state index contributed by atoms with van der Waals surface area (Å²) in [5, 5.41) is 3.04. The van der Waals surface area contributed by atoms with Gasteiger partial charge in [0.1, 0.15) is 10.2 Å². The number of carbonyl (C=O) groups is 3. The first-order chi connectivity index (χ1) is 12.9. The molecule has 142 valence electrons. The molecule has 9 heteroatoms. The molecule has 2 heterocycles. The van der Waals surface area contributed by atoms with Gasteiger partial charge >= 0.3 is 5.97 Å². The van der Waals surface area contributed by atoms with Crippen molar-refractivity contribution in [2.45, 2.75) is 26.2 Å². The maximum atomic E-state index is 12.2. The number of pyridine rings is 1. The number of rotatable bonds is 5. The smallest absolute Gasteiger partial charge is 0.341 e. The number of ether oxygens (including phenoxy) is 1. The van der Waals surface area contributed by atoms with E-state index in [1.54, 1.807) is 6.07 Å². The SMILES string of the molecule is CC1CCc2c(sc(NC(=O)COC(=O)c3cccnc3Cl)c2C(N)=O)C1. The van der Waals surface area contributed by atoms with Gasteiger partial charge in [-0.05, 0) is 42.9 Å². The van der Waals surface area contributed by atoms with Gasteiger partial charge in [0.2, 0.25) is 0 Å². The van der Waals surface area contributed by atoms with Crippen LogP contribution in [0.5, 0.6) is 0 Å². The van der Waals surface area contributed by atoms with E-state index in [2.05, 4.69) is 17.2 Å². The molecule has 0 saturated heterocycles. The van der Waals surface area contributed by atoms with Crippen LogP contribution in [0.15, 0.2) is 18.3 Å². The Morgan fingerprint density at radius 2 is 2.22 bits per heavy atom. The number of fused-ring (bicyclic) bond motifs is 1. The lowest BCUT2D eigenvalue weighted by Crippen LogP contribution is -2.23. The molecule has 27 heavy (non-hydrogen) atoms. The van der Waals surface area contributed by atoms with Crippen molar-refractivity contribution in [1.29, 1.82) is 0 Å². The molecule has 1 unspecified atom stereocenters. The third-order valence-corrected chi connectivity index (χ3v) is 5.80. The number of nitrogens with zero attached hydrogens (tertiary/aromatic N) is 1. The van der Waals surface area contributed by atoms with Crippen LogP contribution in [0.3, 0.4) is 0 Å². The molecule has 3 rings (SSSR count). The number of amides is 2. The van der Waals surface area contributed by atoms with Crippen LogP contribution in [0.1, 0.15) is 44.5 Å². The number of esters is 1. The van der Waals surface area contributed by atoms with E-state index < -0.39 is 24.4 Å². The molecule has 0 aromatic carbocycles. The second kappa shape index (κ2) is 8.06. The van der Waals surface area contributed by atoms with Crippen molar-refractivity contribution in [2.75, 3.05) is 11.9 Å². The molecular weight excluding hydrogens is 390 g/mol. The van der Waals surface area contributed by atoms with Crippen molar-refractivity contribution >= 4 is 45.7 Å². The zero-order valence-electron chi connectivity index (χ0n) is 14.6. The lowest BCUT2D eigenvalue weighted by Gasteiger charge is -2.18. The molecule has 7 nitrogen and oxygen atoms in total. The third kappa shape index (κ3) is 4.28. The van der Waals surface area contributed by atoms with Gasteiger partial charge in [-0.25, -0.2) is 9.78 Å². The standard InChI is InChI=1S/C18H18ClN3O4S/c1-9-4-5-10-12(7-9)27-17(14(10)16(20)24)22-13(23)8-26-18(25)11-3-2-6-21-15(11)19/h2-3,6,9H,4-5,7-8H2,1H3,(H2,20,24)(H,22,23). The molecule has 1 aliphatic rings. The zero-order chi connectivity index (χ0) is 19.6. The van der Waals surface area contributed by atoms with E-state index in [1.165, 1.54) is 23.6 Å². The topological polar surface area (TPSA) is 111 Å². The molecule has 1 atom stereocenters. The van der Waals surface area contributed by atoms with E-state index in [9.17, 15) is 14.4 Å². The van der Waals surface area contributed by atoms with E-state index >= 15 is 0 Å². The number of halogens is 1. The molecule has 0 spiro atoms. The van der Waals surface area contributed by atoms with Crippen molar-refractivity contribution in [1.82, 2.24) is 4.98 Å². The van der Waals surface area contributed by atoms with Gasteiger partial charge in [0, 0.05) is 11.1 Å². The molecule has 3 N–H and O–H groups in total. The molecule has 0 radical (unpaired) electrons. The van der Waals surface area contributed by atoms with Gasteiger partial charge in [-0.2, -0.15) is 0 Å². The number of carbonyl (C=O) groups excluding carboxylic acids is 3. The first-order valence-corrected chi connectivity index (χ1v) is 9.58. The predicted octanol–water partition coefficient (Wildman–Crippen LogP) is 2.82. The highest BCUT2D eigenvalue weighted by Gasteiger charge is 2.27. The zero-order valence-corrected chi connectivity index (χ0v) is 16.2. The van der Waals surface area contributed by atoms with Gasteiger partial charge < -0.3 is 15.8 Å². The average Bonchev–Trinajstić information content (AvgIpc) is 2.97. The van der Waals surface area contributed by atoms with Gasteiger partial charge in [0.15, 0.2) is 6.61 Å². The Labute approximate surface area is 164 Å². The second-order valence-corrected chi connectivity index (χ2v) is 7.85. The lowest BCUT2D eigenvalue weighted by molar-refractivity contribution is -0.119. The molecule has 0 fully saturated rings. The van der Waals surface area contributed by atoms with E-state index in [1.807, 2.05) is 0 Å². The maximum Gasteiger partial charge on any atom is 0.341 e. The number of aromatic nitrogens is 1. The minimum absolute atomic E-state index is 0.000949. The maximum absolute atomic E-state index is 12.2. The third-order valence-electron chi connectivity index (χ3n) is 4.32. The number of primary amides is 1. The summed E-state index contributed by atoms with van der Waals surface area (Å²) in [7, 11) is 0. The summed E-state index contributed by atoms with van der Waals surface area (Å²) in [4.78, 5) is 40.9. The highest BCUT2D eigenvalue weighted by Crippen LogP contribution is 2.39. The number of hydrogen-bond acceptors (Lipinski definition) is 6. The van der Waals surface area contributed by atoms with Gasteiger partial charge in [-0.15, -0.1) is 11.3 Å². The predicted molar refractivity (Wildman–Crippen MR) is 102 cm³/mol. The molecule has 2 aromatic rings. The molecule has 1 aliphatic carbocycles. The van der Waals surface area contributed by atoms with Crippen LogP contribution in [0.2, 0.25) is 5.15 Å². The Morgan fingerprint density at radius 1 is 1.44 bits per heavy atom. The van der Waals surface area contributed by atoms with Crippen LogP contribution < -0.4 is 11.1 Å². The fourth-order valence-electron chi connectivity index (χ4n) is 3.01. The largest absolute Gasteiger partial charge is 0.452 e. The van der Waals surface area contributed by atoms with Crippen LogP contribution >= 0.6 is 22.9 Å². The van der Waals surface area contributed by atoms with E-state index in [-0.39, 0.29) is 10.7 Å². The summed E-state index contributed by atoms with van der Waals surface area (Å²) in [5.41, 5.74) is 6.87. The summed E-state index contributed by atoms with van der Waals surface area (Å²) < 4.78 is 4.98. The van der Waals surface area contributed by atoms with Crippen LogP contribution in [-0.4, -0.2) is 29.4 Å². The summed E-state index contributed by atoms with van der Waals surface area (Å²) in [6, 6.07) is 2.99. The Bertz CT molecular complexity index is 912. The van der Waals surface area contributed by atoms with Gasteiger partial charge in [0.05, 0.1) is 11.1 Å². The first-order valence-electron chi connectivity index (χ1n) is 8.38. The summed E-state index contributed by atoms with van der Waals surface area (Å²) in [6.07, 6.45) is 4.03. The Hall–Kier alpha value is -2.45. The Morgan fingerprint density at radius 3 is 2.93 bits per heavy atom. The molecule has 2 aromatic heterocycles. The van der Waals surface area contributed by atoms with E-state index in [0.29, 0.717) is 16.5 Å². The van der Waals surface area contributed by atoms with Crippen LogP contribution in [-0.2, 0) is 22.4 Å². The van der Waals surface area contributed by atoms with Crippen molar-refractivity contribution in [3.05, 3.63) is 45.1 Å². The van der Waals surface area contributed by atoms with Gasteiger partial charge in [0.25, 0.3) is 11.8 Å². The monoisotopic (exact) mass is 407 g/mol. The van der Waals surface area contributed by atoms with Crippen molar-refractivity contribution in [3.8, 4) is 0 Å². The van der Waals surface area contributed by atoms with Crippen LogP contribution in [0.4, 0.5) is 5.00 Å². The lowest BCUT2D eigenvalue weighted by atomic mass is 9.88. The van der Waals surface area contributed by atoms with Crippen molar-refractivity contribution in [3.63, 3.8) is 0 Å². The minimum Gasteiger partial charge on any atom is -0.452 e. The van der Waals surface area contributed by atoms with E-state index in [0.717, 1.165) is 29.7 Å². The fraction of sp³-hybridized carbons (Fsp3) is 0.333. The number of nitrogens with two attached hydrogens (primary N) is 1. The Balaban J connectivity index is 1.68. The molecule has 2 amide bonds. The normalized spacial score (nSPS) is 15.7. The number of nitrogens with one attached hydrogen (secondary N) is 1. The van der Waals surface area contributed by atoms with Gasteiger partial charge in [-0.3, -0.25) is 9.59 Å². The fourth-order valence-corrected chi connectivity index (χ4v) is 4.64. The first kappa shape index (κ1) is 19.3. The number of thiophene rings is 1.